The lowest BCUT2D eigenvalue weighted by Gasteiger charge is -1.97. The quantitative estimate of drug-likeness (QED) is 0.458. The molecule has 0 N–H and O–H groups in total. The van der Waals surface area contributed by atoms with Crippen LogP contribution in [-0.2, 0) is 9.53 Å². The average Bonchev–Trinajstić information content (AvgIpc) is 2.12. The van der Waals surface area contributed by atoms with Crippen molar-refractivity contribution in [1.82, 2.24) is 0 Å². The topological polar surface area (TPSA) is 26.3 Å². The molecule has 0 fully saturated rings. The van der Waals surface area contributed by atoms with Gasteiger partial charge in [-0.3, -0.25) is 0 Å². The zero-order chi connectivity index (χ0) is 10.6. The van der Waals surface area contributed by atoms with Crippen LogP contribution >= 0.6 is 0 Å². The Balaban J connectivity index is 2.95. The molecule has 0 atom stereocenters. The number of rotatable bonds is 0. The smallest absolute Gasteiger partial charge is 0.384 e. The molecule has 2 heteroatoms. The normalized spacial score (nSPS) is 8.79. The van der Waals surface area contributed by atoms with Crippen LogP contribution in [0.4, 0.5) is 0 Å². The first-order valence-corrected chi connectivity index (χ1v) is 4.30. The lowest BCUT2D eigenvalue weighted by atomic mass is 10.1. The SMILES string of the molecule is COC(=O)C#Cc1cc(C)cc(C)c1. The van der Waals surface area contributed by atoms with Gasteiger partial charge in [0.1, 0.15) is 0 Å². The molecule has 0 spiro atoms. The van der Waals surface area contributed by atoms with Crippen LogP contribution in [0.5, 0.6) is 0 Å². The van der Waals surface area contributed by atoms with Crippen molar-refractivity contribution in [3.05, 3.63) is 34.9 Å². The molecule has 0 amide bonds. The Morgan fingerprint density at radius 3 is 2.29 bits per heavy atom. The zero-order valence-electron chi connectivity index (χ0n) is 8.55. The fourth-order valence-electron chi connectivity index (χ4n) is 1.22. The summed E-state index contributed by atoms with van der Waals surface area (Å²) >= 11 is 0. The van der Waals surface area contributed by atoms with Crippen molar-refractivity contribution < 1.29 is 9.53 Å². The van der Waals surface area contributed by atoms with Gasteiger partial charge in [-0.1, -0.05) is 12.0 Å². The van der Waals surface area contributed by atoms with E-state index in [1.165, 1.54) is 7.11 Å². The van der Waals surface area contributed by atoms with Gasteiger partial charge in [0.2, 0.25) is 0 Å². The van der Waals surface area contributed by atoms with Crippen molar-refractivity contribution in [1.29, 1.82) is 0 Å². The molecule has 1 aromatic rings. The molecule has 0 radical (unpaired) electrons. The molecule has 72 valence electrons. The minimum Gasteiger partial charge on any atom is -0.459 e. The van der Waals surface area contributed by atoms with Gasteiger partial charge in [-0.2, -0.15) is 0 Å². The number of hydrogen-bond acceptors (Lipinski definition) is 2. The number of carbonyl (C=O) groups excluding carboxylic acids is 1. The van der Waals surface area contributed by atoms with E-state index in [-0.39, 0.29) is 0 Å². The Kier molecular flexibility index (Phi) is 3.30. The van der Waals surface area contributed by atoms with E-state index in [0.29, 0.717) is 0 Å². The number of carbonyl (C=O) groups is 1. The minimum atomic E-state index is -0.510. The van der Waals surface area contributed by atoms with Crippen molar-refractivity contribution in [2.45, 2.75) is 13.8 Å². The van der Waals surface area contributed by atoms with Gasteiger partial charge in [0.25, 0.3) is 0 Å². The Bertz CT molecular complexity index is 388. The second kappa shape index (κ2) is 4.48. The molecule has 0 unspecified atom stereocenters. The van der Waals surface area contributed by atoms with E-state index < -0.39 is 5.97 Å². The van der Waals surface area contributed by atoms with E-state index >= 15 is 0 Å². The van der Waals surface area contributed by atoms with Crippen LogP contribution in [0.2, 0.25) is 0 Å². The summed E-state index contributed by atoms with van der Waals surface area (Å²) in [5, 5.41) is 0. The highest BCUT2D eigenvalue weighted by atomic mass is 16.5. The summed E-state index contributed by atoms with van der Waals surface area (Å²) in [6.07, 6.45) is 0. The summed E-state index contributed by atoms with van der Waals surface area (Å²) in [6, 6.07) is 5.93. The summed E-state index contributed by atoms with van der Waals surface area (Å²) < 4.78 is 4.42. The highest BCUT2D eigenvalue weighted by molar-refractivity contribution is 5.89. The van der Waals surface area contributed by atoms with E-state index in [1.54, 1.807) is 0 Å². The maximum absolute atomic E-state index is 10.8. The summed E-state index contributed by atoms with van der Waals surface area (Å²) in [6.45, 7) is 3.99. The average molecular weight is 188 g/mol. The van der Waals surface area contributed by atoms with Gasteiger partial charge in [-0.25, -0.2) is 4.79 Å². The zero-order valence-corrected chi connectivity index (χ0v) is 8.55. The first-order chi connectivity index (χ1) is 6.61. The lowest BCUT2D eigenvalue weighted by molar-refractivity contribution is -0.133. The molecule has 0 bridgehead atoms. The van der Waals surface area contributed by atoms with E-state index in [4.69, 9.17) is 0 Å². The van der Waals surface area contributed by atoms with Gasteiger partial charge in [-0.05, 0) is 37.1 Å². The van der Waals surface area contributed by atoms with Crippen LogP contribution in [0.25, 0.3) is 0 Å². The molecule has 14 heavy (non-hydrogen) atoms. The third-order valence-electron chi connectivity index (χ3n) is 1.72. The number of hydrogen-bond donors (Lipinski definition) is 0. The van der Waals surface area contributed by atoms with Gasteiger partial charge in [0.15, 0.2) is 0 Å². The first-order valence-electron chi connectivity index (χ1n) is 4.30. The Labute approximate surface area is 83.9 Å². The van der Waals surface area contributed by atoms with Crippen molar-refractivity contribution in [3.8, 4) is 11.8 Å². The molecule has 1 aromatic carbocycles. The molecule has 0 aliphatic heterocycles. The van der Waals surface area contributed by atoms with Crippen LogP contribution in [0.15, 0.2) is 18.2 Å². The van der Waals surface area contributed by atoms with Gasteiger partial charge < -0.3 is 4.74 Å². The third kappa shape index (κ3) is 2.95. The third-order valence-corrected chi connectivity index (χ3v) is 1.72. The molecule has 0 aliphatic rings. The fraction of sp³-hybridized carbons (Fsp3) is 0.250. The van der Waals surface area contributed by atoms with Crippen molar-refractivity contribution in [2.75, 3.05) is 7.11 Å². The Morgan fingerprint density at radius 2 is 1.79 bits per heavy atom. The number of benzene rings is 1. The number of esters is 1. The van der Waals surface area contributed by atoms with Gasteiger partial charge >= 0.3 is 5.97 Å². The molecule has 1 rings (SSSR count). The monoisotopic (exact) mass is 188 g/mol. The summed E-state index contributed by atoms with van der Waals surface area (Å²) in [4.78, 5) is 10.8. The molecule has 0 saturated carbocycles. The Hall–Kier alpha value is -1.75. The van der Waals surface area contributed by atoms with Crippen LogP contribution in [-0.4, -0.2) is 13.1 Å². The maximum Gasteiger partial charge on any atom is 0.384 e. The number of methoxy groups -OCH3 is 1. The number of ether oxygens (including phenoxy) is 1. The van der Waals surface area contributed by atoms with Crippen molar-refractivity contribution >= 4 is 5.97 Å². The van der Waals surface area contributed by atoms with Crippen LogP contribution in [0, 0.1) is 25.7 Å². The highest BCUT2D eigenvalue weighted by Gasteiger charge is 1.93. The van der Waals surface area contributed by atoms with Gasteiger partial charge in [0.05, 0.1) is 7.11 Å². The molecule has 0 heterocycles. The lowest BCUT2D eigenvalue weighted by Crippen LogP contribution is -1.94. The van der Waals surface area contributed by atoms with Crippen molar-refractivity contribution in [2.24, 2.45) is 0 Å². The van der Waals surface area contributed by atoms with E-state index in [2.05, 4.69) is 22.6 Å². The van der Waals surface area contributed by atoms with E-state index in [0.717, 1.165) is 16.7 Å². The minimum absolute atomic E-state index is 0.510. The molecular weight excluding hydrogens is 176 g/mol. The predicted molar refractivity (Wildman–Crippen MR) is 54.8 cm³/mol. The standard InChI is InChI=1S/C12H12O2/c1-9-6-10(2)8-11(7-9)4-5-12(13)14-3/h6-8H,1-3H3. The molecule has 0 saturated heterocycles. The summed E-state index contributed by atoms with van der Waals surface area (Å²) in [5.41, 5.74) is 3.12. The van der Waals surface area contributed by atoms with Crippen LogP contribution in [0.1, 0.15) is 16.7 Å². The fourth-order valence-corrected chi connectivity index (χ4v) is 1.22. The second-order valence-electron chi connectivity index (χ2n) is 3.12. The van der Waals surface area contributed by atoms with Gasteiger partial charge in [0, 0.05) is 11.5 Å². The van der Waals surface area contributed by atoms with E-state index in [1.807, 2.05) is 26.0 Å². The largest absolute Gasteiger partial charge is 0.459 e. The predicted octanol–water partition coefficient (Wildman–Crippen LogP) is 1.83. The number of aryl methyl sites for hydroxylation is 2. The Morgan fingerprint density at radius 1 is 1.21 bits per heavy atom. The molecule has 0 aromatic heterocycles. The van der Waals surface area contributed by atoms with Crippen LogP contribution < -0.4 is 0 Å². The van der Waals surface area contributed by atoms with E-state index in [9.17, 15) is 4.79 Å². The summed E-state index contributed by atoms with van der Waals surface area (Å²) in [7, 11) is 1.32. The maximum atomic E-state index is 10.8. The van der Waals surface area contributed by atoms with Crippen molar-refractivity contribution in [3.63, 3.8) is 0 Å². The van der Waals surface area contributed by atoms with Gasteiger partial charge in [-0.15, -0.1) is 0 Å². The first kappa shape index (κ1) is 10.3. The molecule has 2 nitrogen and oxygen atoms in total. The van der Waals surface area contributed by atoms with Crippen LogP contribution in [0.3, 0.4) is 0 Å². The molecular formula is C12H12O2. The second-order valence-corrected chi connectivity index (χ2v) is 3.12. The summed E-state index contributed by atoms with van der Waals surface area (Å²) in [5.74, 6) is 4.63. The molecule has 0 aliphatic carbocycles. The highest BCUT2D eigenvalue weighted by Crippen LogP contribution is 2.07.